The minimum Gasteiger partial charge on any atom is -0.482 e. The van der Waals surface area contributed by atoms with Crippen LogP contribution in [0.15, 0.2) is 66.7 Å². The average molecular weight is 374 g/mol. The van der Waals surface area contributed by atoms with E-state index in [0.29, 0.717) is 34.2 Å². The van der Waals surface area contributed by atoms with Crippen molar-refractivity contribution in [3.8, 4) is 17.2 Å². The molecule has 0 bridgehead atoms. The van der Waals surface area contributed by atoms with Gasteiger partial charge in [0.15, 0.2) is 12.4 Å². The monoisotopic (exact) mass is 374 g/mol. The highest BCUT2D eigenvalue weighted by Gasteiger charge is 2.18. The summed E-state index contributed by atoms with van der Waals surface area (Å²) < 4.78 is 11.3. The topological polar surface area (TPSA) is 76.7 Å². The van der Waals surface area contributed by atoms with Crippen LogP contribution in [-0.4, -0.2) is 18.4 Å². The molecule has 3 aromatic rings. The lowest BCUT2D eigenvalue weighted by Gasteiger charge is -2.18. The van der Waals surface area contributed by atoms with Crippen molar-refractivity contribution in [1.82, 2.24) is 0 Å². The van der Waals surface area contributed by atoms with Gasteiger partial charge in [0.05, 0.1) is 11.4 Å². The Balaban J connectivity index is 1.53. The molecule has 6 nitrogen and oxygen atoms in total. The molecule has 28 heavy (non-hydrogen) atoms. The van der Waals surface area contributed by atoms with Crippen molar-refractivity contribution in [2.45, 2.75) is 6.92 Å². The van der Waals surface area contributed by atoms with E-state index in [1.165, 1.54) is 0 Å². The molecule has 0 spiro atoms. The number of benzene rings is 3. The second-order valence-electron chi connectivity index (χ2n) is 6.41. The first kappa shape index (κ1) is 17.6. The Morgan fingerprint density at radius 3 is 2.68 bits per heavy atom. The molecule has 0 saturated heterocycles. The van der Waals surface area contributed by atoms with E-state index in [0.717, 1.165) is 5.56 Å². The Bertz CT molecular complexity index is 1040. The minimum atomic E-state index is -0.303. The predicted octanol–water partition coefficient (Wildman–Crippen LogP) is 4.37. The van der Waals surface area contributed by atoms with E-state index in [1.54, 1.807) is 30.3 Å². The van der Waals surface area contributed by atoms with Gasteiger partial charge in [-0.05, 0) is 49.4 Å². The number of ether oxygens (including phenoxy) is 2. The number of rotatable bonds is 4. The number of carbonyl (C=O) groups excluding carboxylic acids is 2. The van der Waals surface area contributed by atoms with E-state index >= 15 is 0 Å². The number of aryl methyl sites for hydroxylation is 1. The van der Waals surface area contributed by atoms with E-state index in [-0.39, 0.29) is 18.4 Å². The van der Waals surface area contributed by atoms with Gasteiger partial charge in [-0.2, -0.15) is 0 Å². The van der Waals surface area contributed by atoms with Gasteiger partial charge in [-0.1, -0.05) is 29.8 Å². The fraction of sp³-hybridized carbons (Fsp3) is 0.0909. The number of hydrogen-bond acceptors (Lipinski definition) is 4. The Labute approximate surface area is 162 Å². The van der Waals surface area contributed by atoms with Gasteiger partial charge >= 0.3 is 0 Å². The first-order valence-electron chi connectivity index (χ1n) is 8.80. The summed E-state index contributed by atoms with van der Waals surface area (Å²) in [6.07, 6.45) is 0. The molecule has 2 N–H and O–H groups in total. The number of para-hydroxylation sites is 2. The summed E-state index contributed by atoms with van der Waals surface area (Å²) in [4.78, 5) is 24.1. The van der Waals surface area contributed by atoms with Crippen LogP contribution in [0.1, 0.15) is 15.9 Å². The molecule has 0 unspecified atom stereocenters. The quantitative estimate of drug-likeness (QED) is 0.711. The number of amides is 2. The van der Waals surface area contributed by atoms with Crippen molar-refractivity contribution in [2.75, 3.05) is 17.2 Å². The molecule has 140 valence electrons. The molecule has 1 heterocycles. The summed E-state index contributed by atoms with van der Waals surface area (Å²) in [5.41, 5.74) is 2.66. The molecule has 1 aliphatic heterocycles. The standard InChI is InChI=1S/C22H18N2O4/c1-14-6-9-16(10-7-14)28-19-5-3-2-4-17(19)24-22(26)15-8-11-18-20(12-15)27-13-21(25)23-18/h2-12H,13H2,1H3,(H,23,25)(H,24,26). The van der Waals surface area contributed by atoms with Crippen LogP contribution >= 0.6 is 0 Å². The Morgan fingerprint density at radius 1 is 1.07 bits per heavy atom. The molecule has 6 heteroatoms. The van der Waals surface area contributed by atoms with Gasteiger partial charge in [0.25, 0.3) is 11.8 Å². The van der Waals surface area contributed by atoms with E-state index in [4.69, 9.17) is 9.47 Å². The summed E-state index contributed by atoms with van der Waals surface area (Å²) in [5.74, 6) is 1.18. The van der Waals surface area contributed by atoms with E-state index in [1.807, 2.05) is 43.3 Å². The lowest BCUT2D eigenvalue weighted by Crippen LogP contribution is -2.25. The van der Waals surface area contributed by atoms with Crippen molar-refractivity contribution < 1.29 is 19.1 Å². The number of fused-ring (bicyclic) bond motifs is 1. The van der Waals surface area contributed by atoms with Gasteiger partial charge in [-0.15, -0.1) is 0 Å². The largest absolute Gasteiger partial charge is 0.482 e. The van der Waals surface area contributed by atoms with Gasteiger partial charge in [0, 0.05) is 5.56 Å². The van der Waals surface area contributed by atoms with Crippen LogP contribution in [0.4, 0.5) is 11.4 Å². The summed E-state index contributed by atoms with van der Waals surface area (Å²) in [5, 5.41) is 5.57. The first-order chi connectivity index (χ1) is 13.6. The molecule has 1 aliphatic rings. The van der Waals surface area contributed by atoms with Crippen molar-refractivity contribution in [1.29, 1.82) is 0 Å². The van der Waals surface area contributed by atoms with Gasteiger partial charge in [0.1, 0.15) is 11.5 Å². The molecule has 0 aliphatic carbocycles. The van der Waals surface area contributed by atoms with Crippen molar-refractivity contribution >= 4 is 23.2 Å². The number of nitrogens with one attached hydrogen (secondary N) is 2. The molecular weight excluding hydrogens is 356 g/mol. The molecule has 4 rings (SSSR count). The lowest BCUT2D eigenvalue weighted by molar-refractivity contribution is -0.118. The van der Waals surface area contributed by atoms with Gasteiger partial charge in [-0.3, -0.25) is 9.59 Å². The summed E-state index contributed by atoms with van der Waals surface area (Å²) >= 11 is 0. The fourth-order valence-corrected chi connectivity index (χ4v) is 2.80. The Hall–Kier alpha value is -3.80. The number of anilines is 2. The number of hydrogen-bond donors (Lipinski definition) is 2. The van der Waals surface area contributed by atoms with Crippen LogP contribution in [0.5, 0.6) is 17.2 Å². The molecule has 3 aromatic carbocycles. The Kier molecular flexibility index (Phi) is 4.68. The van der Waals surface area contributed by atoms with Gasteiger partial charge in [-0.25, -0.2) is 0 Å². The SMILES string of the molecule is Cc1ccc(Oc2ccccc2NC(=O)c2ccc3c(c2)OCC(=O)N3)cc1. The molecule has 0 fully saturated rings. The molecule has 0 aromatic heterocycles. The van der Waals surface area contributed by atoms with Crippen LogP contribution in [-0.2, 0) is 4.79 Å². The summed E-state index contributed by atoms with van der Waals surface area (Å²) in [6.45, 7) is 1.94. The van der Waals surface area contributed by atoms with Crippen LogP contribution in [0.25, 0.3) is 0 Å². The highest BCUT2D eigenvalue weighted by Crippen LogP contribution is 2.31. The molecular formula is C22H18N2O4. The van der Waals surface area contributed by atoms with Crippen molar-refractivity contribution in [2.24, 2.45) is 0 Å². The third kappa shape index (κ3) is 3.81. The van der Waals surface area contributed by atoms with E-state index < -0.39 is 0 Å². The van der Waals surface area contributed by atoms with Crippen LogP contribution < -0.4 is 20.1 Å². The second-order valence-corrected chi connectivity index (χ2v) is 6.41. The maximum atomic E-state index is 12.7. The third-order valence-electron chi connectivity index (χ3n) is 4.26. The number of carbonyl (C=O) groups is 2. The average Bonchev–Trinajstić information content (AvgIpc) is 2.70. The Morgan fingerprint density at radius 2 is 1.86 bits per heavy atom. The second kappa shape index (κ2) is 7.44. The highest BCUT2D eigenvalue weighted by molar-refractivity contribution is 6.06. The third-order valence-corrected chi connectivity index (χ3v) is 4.26. The zero-order valence-electron chi connectivity index (χ0n) is 15.2. The summed E-state index contributed by atoms with van der Waals surface area (Å²) in [6, 6.07) is 19.8. The summed E-state index contributed by atoms with van der Waals surface area (Å²) in [7, 11) is 0. The van der Waals surface area contributed by atoms with Crippen LogP contribution in [0.3, 0.4) is 0 Å². The molecule has 0 atom stereocenters. The van der Waals surface area contributed by atoms with Crippen molar-refractivity contribution in [3.63, 3.8) is 0 Å². The zero-order chi connectivity index (χ0) is 19.5. The zero-order valence-corrected chi connectivity index (χ0v) is 15.2. The maximum absolute atomic E-state index is 12.7. The smallest absolute Gasteiger partial charge is 0.262 e. The normalized spacial score (nSPS) is 12.4. The fourth-order valence-electron chi connectivity index (χ4n) is 2.80. The highest BCUT2D eigenvalue weighted by atomic mass is 16.5. The molecule has 2 amide bonds. The van der Waals surface area contributed by atoms with Crippen LogP contribution in [0, 0.1) is 6.92 Å². The van der Waals surface area contributed by atoms with E-state index in [2.05, 4.69) is 10.6 Å². The predicted molar refractivity (Wildman–Crippen MR) is 106 cm³/mol. The van der Waals surface area contributed by atoms with Crippen LogP contribution in [0.2, 0.25) is 0 Å². The van der Waals surface area contributed by atoms with Crippen molar-refractivity contribution in [3.05, 3.63) is 77.9 Å². The maximum Gasteiger partial charge on any atom is 0.262 e. The lowest BCUT2D eigenvalue weighted by atomic mass is 10.1. The minimum absolute atomic E-state index is 0.0642. The van der Waals surface area contributed by atoms with Gasteiger partial charge < -0.3 is 20.1 Å². The van der Waals surface area contributed by atoms with E-state index in [9.17, 15) is 9.59 Å². The first-order valence-corrected chi connectivity index (χ1v) is 8.80. The molecule has 0 saturated carbocycles. The van der Waals surface area contributed by atoms with Gasteiger partial charge in [0.2, 0.25) is 0 Å². The molecule has 0 radical (unpaired) electrons.